The Morgan fingerprint density at radius 3 is 2.42 bits per heavy atom. The van der Waals surface area contributed by atoms with Gasteiger partial charge in [-0.2, -0.15) is 9.13 Å². The highest BCUT2D eigenvalue weighted by atomic mass is 19.1. The highest BCUT2D eigenvalue weighted by Crippen LogP contribution is 2.64. The molecule has 2 aliphatic heterocycles. The number of allylic oxidation sites excluding steroid dienone is 1. The van der Waals surface area contributed by atoms with E-state index >= 15 is 0 Å². The lowest BCUT2D eigenvalue weighted by Gasteiger charge is -2.56. The standard InChI is InChI=1S/C35H27FN2/c1-2-30-34-33(29-15-6-5-14-28(29)31-16-7-8-18-37(31)34)35(30)22-25-10-3-4-13-27(25)32-21-24(17-19-38(32)35)23-11-9-12-26(36)20-23/h2-21,30,33-34H,1,22H2/q+2. The lowest BCUT2D eigenvalue weighted by Crippen LogP contribution is -2.79. The zero-order chi connectivity index (χ0) is 25.4. The zero-order valence-corrected chi connectivity index (χ0v) is 21.0. The summed E-state index contributed by atoms with van der Waals surface area (Å²) in [5, 5.41) is 0. The van der Waals surface area contributed by atoms with Crippen LogP contribution in [0.2, 0.25) is 0 Å². The first-order valence-electron chi connectivity index (χ1n) is 13.3. The van der Waals surface area contributed by atoms with Gasteiger partial charge in [0.2, 0.25) is 11.4 Å². The number of hydrogen-bond donors (Lipinski definition) is 0. The summed E-state index contributed by atoms with van der Waals surface area (Å²) in [6, 6.07) is 35.8. The van der Waals surface area contributed by atoms with E-state index in [-0.39, 0.29) is 17.3 Å². The quantitative estimate of drug-likeness (QED) is 0.188. The Bertz CT molecular complexity index is 1770. The molecule has 38 heavy (non-hydrogen) atoms. The molecule has 1 aliphatic carbocycles. The van der Waals surface area contributed by atoms with Crippen molar-refractivity contribution in [3.05, 3.63) is 145 Å². The summed E-state index contributed by atoms with van der Waals surface area (Å²) in [6.45, 7) is 4.39. The fourth-order valence-electron chi connectivity index (χ4n) is 7.73. The van der Waals surface area contributed by atoms with Crippen molar-refractivity contribution in [1.82, 2.24) is 0 Å². The maximum Gasteiger partial charge on any atom is 0.213 e. The Morgan fingerprint density at radius 1 is 0.763 bits per heavy atom. The summed E-state index contributed by atoms with van der Waals surface area (Å²) >= 11 is 0. The van der Waals surface area contributed by atoms with Crippen LogP contribution in [-0.2, 0) is 12.0 Å². The van der Waals surface area contributed by atoms with Gasteiger partial charge in [-0.15, -0.1) is 6.58 Å². The van der Waals surface area contributed by atoms with Gasteiger partial charge in [-0.3, -0.25) is 0 Å². The molecule has 4 heterocycles. The van der Waals surface area contributed by atoms with Crippen molar-refractivity contribution in [2.24, 2.45) is 5.92 Å². The largest absolute Gasteiger partial charge is 0.213 e. The van der Waals surface area contributed by atoms with E-state index in [1.165, 1.54) is 39.7 Å². The molecule has 2 aromatic heterocycles. The van der Waals surface area contributed by atoms with Crippen molar-refractivity contribution in [3.8, 4) is 33.6 Å². The third-order valence-electron chi connectivity index (χ3n) is 9.19. The SMILES string of the molecule is C=CC1C2C(c3ccccc3-c3cccc[n+]32)C12Cc1ccccc1-c1cc(-c3cccc(F)c3)cc[n+]12. The summed E-state index contributed by atoms with van der Waals surface area (Å²) in [4.78, 5) is 0. The molecule has 5 aromatic rings. The van der Waals surface area contributed by atoms with Crippen molar-refractivity contribution < 1.29 is 13.5 Å². The van der Waals surface area contributed by atoms with Gasteiger partial charge in [0.1, 0.15) is 17.7 Å². The molecule has 1 fully saturated rings. The van der Waals surface area contributed by atoms with Crippen molar-refractivity contribution in [3.63, 3.8) is 0 Å². The lowest BCUT2D eigenvalue weighted by atomic mass is 9.48. The van der Waals surface area contributed by atoms with Crippen LogP contribution >= 0.6 is 0 Å². The Morgan fingerprint density at radius 2 is 1.55 bits per heavy atom. The smallest absolute Gasteiger partial charge is 0.207 e. The van der Waals surface area contributed by atoms with Crippen molar-refractivity contribution >= 4 is 0 Å². The lowest BCUT2D eigenvalue weighted by molar-refractivity contribution is -0.837. The Hall–Kier alpha value is -4.37. The molecule has 4 unspecified atom stereocenters. The molecule has 0 saturated heterocycles. The van der Waals surface area contributed by atoms with Gasteiger partial charge in [-0.05, 0) is 52.6 Å². The minimum Gasteiger partial charge on any atom is -0.207 e. The monoisotopic (exact) mass is 494 g/mol. The summed E-state index contributed by atoms with van der Waals surface area (Å²) in [5.41, 5.74) is 9.52. The average molecular weight is 495 g/mol. The second-order valence-electron chi connectivity index (χ2n) is 10.8. The van der Waals surface area contributed by atoms with Crippen LogP contribution in [0.4, 0.5) is 4.39 Å². The van der Waals surface area contributed by atoms with E-state index in [2.05, 4.69) is 113 Å². The Labute approximate surface area is 222 Å². The van der Waals surface area contributed by atoms with Crippen molar-refractivity contribution in [1.29, 1.82) is 0 Å². The fraction of sp³-hybridized carbons (Fsp3) is 0.143. The number of fused-ring (bicyclic) bond motifs is 11. The van der Waals surface area contributed by atoms with E-state index in [1.54, 1.807) is 12.1 Å². The number of rotatable bonds is 2. The molecule has 3 aromatic carbocycles. The number of nitrogens with zero attached hydrogens (tertiary/aromatic N) is 2. The highest BCUT2D eigenvalue weighted by Gasteiger charge is 2.75. The molecule has 4 atom stereocenters. The van der Waals surface area contributed by atoms with Gasteiger partial charge < -0.3 is 0 Å². The Kier molecular flexibility index (Phi) is 4.46. The number of hydrogen-bond acceptors (Lipinski definition) is 0. The van der Waals surface area contributed by atoms with Gasteiger partial charge in [0.05, 0.1) is 5.56 Å². The number of pyridine rings is 2. The maximum atomic E-state index is 14.1. The van der Waals surface area contributed by atoms with Crippen LogP contribution in [-0.4, -0.2) is 0 Å². The zero-order valence-electron chi connectivity index (χ0n) is 21.0. The number of aromatic nitrogens is 2. The minimum absolute atomic E-state index is 0.187. The predicted molar refractivity (Wildman–Crippen MR) is 147 cm³/mol. The minimum atomic E-state index is -0.215. The van der Waals surface area contributed by atoms with E-state index in [9.17, 15) is 4.39 Å². The molecule has 8 rings (SSSR count). The molecule has 1 spiro atoms. The molecule has 182 valence electrons. The van der Waals surface area contributed by atoms with Gasteiger partial charge >= 0.3 is 0 Å². The van der Waals surface area contributed by atoms with E-state index in [0.29, 0.717) is 12.0 Å². The third-order valence-corrected chi connectivity index (χ3v) is 9.19. The third kappa shape index (κ3) is 2.71. The van der Waals surface area contributed by atoms with Gasteiger partial charge in [-0.1, -0.05) is 54.6 Å². The first-order valence-corrected chi connectivity index (χ1v) is 13.3. The molecule has 0 radical (unpaired) electrons. The van der Waals surface area contributed by atoms with E-state index in [1.807, 2.05) is 6.07 Å². The van der Waals surface area contributed by atoms with Crippen LogP contribution < -0.4 is 9.13 Å². The molecule has 2 nitrogen and oxygen atoms in total. The first kappa shape index (κ1) is 21.7. The Balaban J connectivity index is 1.40. The van der Waals surface area contributed by atoms with Crippen LogP contribution in [0.5, 0.6) is 0 Å². The van der Waals surface area contributed by atoms with E-state index in [4.69, 9.17) is 0 Å². The molecular weight excluding hydrogens is 467 g/mol. The second-order valence-corrected chi connectivity index (χ2v) is 10.8. The van der Waals surface area contributed by atoms with Crippen LogP contribution in [0.3, 0.4) is 0 Å². The van der Waals surface area contributed by atoms with E-state index in [0.717, 1.165) is 17.5 Å². The summed E-state index contributed by atoms with van der Waals surface area (Å²) < 4.78 is 19.1. The van der Waals surface area contributed by atoms with Crippen LogP contribution in [0, 0.1) is 11.7 Å². The number of halogens is 1. The molecule has 0 amide bonds. The van der Waals surface area contributed by atoms with Crippen LogP contribution in [0.25, 0.3) is 33.6 Å². The summed E-state index contributed by atoms with van der Waals surface area (Å²) in [6.07, 6.45) is 7.60. The highest BCUT2D eigenvalue weighted by molar-refractivity contribution is 5.72. The fourth-order valence-corrected chi connectivity index (χ4v) is 7.73. The maximum absolute atomic E-state index is 14.1. The van der Waals surface area contributed by atoms with Crippen LogP contribution in [0.1, 0.15) is 23.1 Å². The molecule has 0 bridgehead atoms. The predicted octanol–water partition coefficient (Wildman–Crippen LogP) is 6.81. The first-order chi connectivity index (χ1) is 18.7. The van der Waals surface area contributed by atoms with Crippen molar-refractivity contribution in [2.75, 3.05) is 0 Å². The topological polar surface area (TPSA) is 7.76 Å². The molecule has 0 N–H and O–H groups in total. The number of benzene rings is 3. The van der Waals surface area contributed by atoms with Gasteiger partial charge in [0.15, 0.2) is 24.0 Å². The van der Waals surface area contributed by atoms with Crippen LogP contribution in [0.15, 0.2) is 128 Å². The molecule has 3 aliphatic rings. The average Bonchev–Trinajstić information content (AvgIpc) is 2.96. The molecule has 3 heteroatoms. The van der Waals surface area contributed by atoms with E-state index < -0.39 is 0 Å². The summed E-state index contributed by atoms with van der Waals surface area (Å²) in [5.74, 6) is 0.315. The van der Waals surface area contributed by atoms with Gasteiger partial charge in [0.25, 0.3) is 0 Å². The second kappa shape index (κ2) is 7.82. The van der Waals surface area contributed by atoms with Crippen molar-refractivity contribution in [2.45, 2.75) is 23.9 Å². The van der Waals surface area contributed by atoms with Gasteiger partial charge in [0, 0.05) is 36.2 Å². The molecule has 1 saturated carbocycles. The normalized spacial score (nSPS) is 23.8. The van der Waals surface area contributed by atoms with Gasteiger partial charge in [-0.25, -0.2) is 4.39 Å². The summed E-state index contributed by atoms with van der Waals surface area (Å²) in [7, 11) is 0. The molecular formula is C35H27FN2+2.